The van der Waals surface area contributed by atoms with Crippen LogP contribution in [0, 0.1) is 5.92 Å². The van der Waals surface area contributed by atoms with Crippen LogP contribution in [-0.4, -0.2) is 31.7 Å². The van der Waals surface area contributed by atoms with Crippen molar-refractivity contribution in [2.75, 3.05) is 26.1 Å². The summed E-state index contributed by atoms with van der Waals surface area (Å²) < 4.78 is 10.5. The second-order valence-electron chi connectivity index (χ2n) is 6.08. The Morgan fingerprint density at radius 3 is 2.56 bits per heavy atom. The third kappa shape index (κ3) is 5.38. The molecular weight excluding hydrogens is 318 g/mol. The molecule has 0 aliphatic carbocycles. The normalized spacial score (nSPS) is 10.4. The zero-order valence-electron chi connectivity index (χ0n) is 15.1. The summed E-state index contributed by atoms with van der Waals surface area (Å²) in [6, 6.07) is 9.15. The summed E-state index contributed by atoms with van der Waals surface area (Å²) in [5.74, 6) is 1.59. The van der Waals surface area contributed by atoms with Crippen LogP contribution >= 0.6 is 0 Å². The van der Waals surface area contributed by atoms with E-state index in [1.165, 1.54) is 0 Å². The molecule has 2 rings (SSSR count). The second-order valence-corrected chi connectivity index (χ2v) is 6.08. The predicted octanol–water partition coefficient (Wildman–Crippen LogP) is 3.10. The molecular formula is C19H25N3O3. The third-order valence-corrected chi connectivity index (χ3v) is 3.61. The molecule has 1 amide bonds. The van der Waals surface area contributed by atoms with Crippen molar-refractivity contribution in [2.45, 2.75) is 20.4 Å². The van der Waals surface area contributed by atoms with E-state index >= 15 is 0 Å². The van der Waals surface area contributed by atoms with Crippen LogP contribution in [0.4, 0.5) is 5.69 Å². The highest BCUT2D eigenvalue weighted by atomic mass is 16.5. The van der Waals surface area contributed by atoms with Gasteiger partial charge in [0.05, 0.1) is 14.2 Å². The maximum atomic E-state index is 12.3. The zero-order chi connectivity index (χ0) is 18.2. The topological polar surface area (TPSA) is 72.5 Å². The van der Waals surface area contributed by atoms with Gasteiger partial charge in [0.2, 0.25) is 0 Å². The fourth-order valence-corrected chi connectivity index (χ4v) is 2.25. The number of benzene rings is 1. The zero-order valence-corrected chi connectivity index (χ0v) is 15.1. The molecule has 0 bridgehead atoms. The first-order valence-electron chi connectivity index (χ1n) is 8.22. The van der Waals surface area contributed by atoms with Crippen LogP contribution in [0.3, 0.4) is 0 Å². The molecule has 0 saturated carbocycles. The van der Waals surface area contributed by atoms with Crippen molar-refractivity contribution in [1.82, 2.24) is 10.3 Å². The van der Waals surface area contributed by atoms with E-state index in [4.69, 9.17) is 9.47 Å². The van der Waals surface area contributed by atoms with Crippen molar-refractivity contribution in [3.8, 4) is 11.5 Å². The highest BCUT2D eigenvalue weighted by Crippen LogP contribution is 2.27. The van der Waals surface area contributed by atoms with E-state index in [-0.39, 0.29) is 5.91 Å². The van der Waals surface area contributed by atoms with Gasteiger partial charge in [-0.1, -0.05) is 19.9 Å². The minimum atomic E-state index is -0.219. The summed E-state index contributed by atoms with van der Waals surface area (Å²) in [6.07, 6.45) is 1.63. The molecule has 0 saturated heterocycles. The molecule has 6 heteroatoms. The first kappa shape index (κ1) is 18.6. The van der Waals surface area contributed by atoms with Crippen molar-refractivity contribution in [1.29, 1.82) is 0 Å². The average Bonchev–Trinajstić information content (AvgIpc) is 2.64. The molecule has 25 heavy (non-hydrogen) atoms. The highest BCUT2D eigenvalue weighted by molar-refractivity contribution is 5.93. The summed E-state index contributed by atoms with van der Waals surface area (Å²) in [6.45, 7) is 5.48. The fourth-order valence-electron chi connectivity index (χ4n) is 2.25. The van der Waals surface area contributed by atoms with E-state index in [2.05, 4.69) is 29.5 Å². The third-order valence-electron chi connectivity index (χ3n) is 3.61. The number of ether oxygens (including phenoxy) is 2. The van der Waals surface area contributed by atoms with Crippen LogP contribution in [0.5, 0.6) is 11.5 Å². The lowest BCUT2D eigenvalue weighted by Gasteiger charge is -2.11. The number of pyridine rings is 1. The van der Waals surface area contributed by atoms with Gasteiger partial charge < -0.3 is 20.1 Å². The number of amides is 1. The van der Waals surface area contributed by atoms with Gasteiger partial charge in [-0.3, -0.25) is 9.78 Å². The molecule has 2 N–H and O–H groups in total. The number of methoxy groups -OCH3 is 2. The number of carbonyl (C=O) groups excluding carboxylic acids is 1. The van der Waals surface area contributed by atoms with Crippen LogP contribution in [0.2, 0.25) is 0 Å². The first-order valence-corrected chi connectivity index (χ1v) is 8.22. The Morgan fingerprint density at radius 2 is 1.88 bits per heavy atom. The first-order chi connectivity index (χ1) is 12.0. The predicted molar refractivity (Wildman–Crippen MR) is 98.3 cm³/mol. The number of aromatic nitrogens is 1. The number of rotatable bonds is 8. The summed E-state index contributed by atoms with van der Waals surface area (Å²) in [7, 11) is 3.17. The van der Waals surface area contributed by atoms with E-state index in [0.29, 0.717) is 29.7 Å². The molecule has 0 unspecified atom stereocenters. The van der Waals surface area contributed by atoms with Gasteiger partial charge in [-0.2, -0.15) is 0 Å². The molecule has 134 valence electrons. The van der Waals surface area contributed by atoms with Crippen LogP contribution in [-0.2, 0) is 6.54 Å². The number of anilines is 1. The van der Waals surface area contributed by atoms with Crippen LogP contribution in [0.15, 0.2) is 36.5 Å². The monoisotopic (exact) mass is 343 g/mol. The van der Waals surface area contributed by atoms with Crippen molar-refractivity contribution in [3.63, 3.8) is 0 Å². The van der Waals surface area contributed by atoms with Gasteiger partial charge in [0, 0.05) is 25.0 Å². The maximum absolute atomic E-state index is 12.3. The summed E-state index contributed by atoms with van der Waals surface area (Å²) in [5.41, 5.74) is 2.19. The number of hydrogen-bond donors (Lipinski definition) is 2. The highest BCUT2D eigenvalue weighted by Gasteiger charge is 2.10. The van der Waals surface area contributed by atoms with Gasteiger partial charge >= 0.3 is 0 Å². The van der Waals surface area contributed by atoms with Crippen molar-refractivity contribution in [2.24, 2.45) is 5.92 Å². The van der Waals surface area contributed by atoms with Gasteiger partial charge in [-0.25, -0.2) is 0 Å². The Bertz CT molecular complexity index is 717. The molecule has 2 aromatic rings. The molecule has 1 aromatic carbocycles. The van der Waals surface area contributed by atoms with E-state index in [0.717, 1.165) is 17.8 Å². The number of carbonyl (C=O) groups is 1. The largest absolute Gasteiger partial charge is 0.493 e. The van der Waals surface area contributed by atoms with Gasteiger partial charge in [-0.05, 0) is 35.7 Å². The maximum Gasteiger partial charge on any atom is 0.270 e. The molecule has 0 aliphatic heterocycles. The Morgan fingerprint density at radius 1 is 1.12 bits per heavy atom. The van der Waals surface area contributed by atoms with Crippen molar-refractivity contribution >= 4 is 11.6 Å². The Hall–Kier alpha value is -2.76. The smallest absolute Gasteiger partial charge is 0.270 e. The summed E-state index contributed by atoms with van der Waals surface area (Å²) in [4.78, 5) is 16.5. The van der Waals surface area contributed by atoms with Gasteiger partial charge in [0.1, 0.15) is 5.69 Å². The lowest BCUT2D eigenvalue weighted by molar-refractivity contribution is 0.0946. The van der Waals surface area contributed by atoms with E-state index in [1.807, 2.05) is 24.3 Å². The van der Waals surface area contributed by atoms with E-state index in [9.17, 15) is 4.79 Å². The Kier molecular flexibility index (Phi) is 6.62. The summed E-state index contributed by atoms with van der Waals surface area (Å²) in [5, 5.41) is 6.16. The van der Waals surface area contributed by atoms with Crippen molar-refractivity contribution in [3.05, 3.63) is 47.8 Å². The lowest BCUT2D eigenvalue weighted by atomic mass is 10.2. The van der Waals surface area contributed by atoms with Gasteiger partial charge in [0.25, 0.3) is 5.91 Å². The molecule has 6 nitrogen and oxygen atoms in total. The molecule has 0 atom stereocenters. The van der Waals surface area contributed by atoms with E-state index < -0.39 is 0 Å². The van der Waals surface area contributed by atoms with Crippen LogP contribution < -0.4 is 20.1 Å². The lowest BCUT2D eigenvalue weighted by Crippen LogP contribution is -2.24. The average molecular weight is 343 g/mol. The number of nitrogens with one attached hydrogen (secondary N) is 2. The quantitative estimate of drug-likeness (QED) is 0.770. The second kappa shape index (κ2) is 8.92. The summed E-state index contributed by atoms with van der Waals surface area (Å²) >= 11 is 0. The standard InChI is InChI=1S/C19H25N3O3/c1-13(2)11-21-15-7-8-20-16(10-15)19(23)22-12-14-5-6-17(24-3)18(9-14)25-4/h5-10,13H,11-12H2,1-4H3,(H,20,21)(H,22,23). The minimum absolute atomic E-state index is 0.219. The van der Waals surface area contributed by atoms with E-state index in [1.54, 1.807) is 26.5 Å². The minimum Gasteiger partial charge on any atom is -0.493 e. The fraction of sp³-hybridized carbons (Fsp3) is 0.368. The van der Waals surface area contributed by atoms with Gasteiger partial charge in [0.15, 0.2) is 11.5 Å². The molecule has 1 aromatic heterocycles. The Labute approximate surface area is 148 Å². The SMILES string of the molecule is COc1ccc(CNC(=O)c2cc(NCC(C)C)ccn2)cc1OC. The number of nitrogens with zero attached hydrogens (tertiary/aromatic N) is 1. The molecule has 0 aliphatic rings. The molecule has 0 fully saturated rings. The van der Waals surface area contributed by atoms with Crippen LogP contribution in [0.1, 0.15) is 29.9 Å². The molecule has 0 radical (unpaired) electrons. The number of hydrogen-bond acceptors (Lipinski definition) is 5. The van der Waals surface area contributed by atoms with Crippen molar-refractivity contribution < 1.29 is 14.3 Å². The molecule has 1 heterocycles. The van der Waals surface area contributed by atoms with Crippen LogP contribution in [0.25, 0.3) is 0 Å². The Balaban J connectivity index is 1.99. The molecule has 0 spiro atoms. The van der Waals surface area contributed by atoms with Gasteiger partial charge in [-0.15, -0.1) is 0 Å².